The van der Waals surface area contributed by atoms with Gasteiger partial charge in [-0.2, -0.15) is 0 Å². The number of hydrogen-bond acceptors (Lipinski definition) is 1. The first-order valence-corrected chi connectivity index (χ1v) is 4.41. The van der Waals surface area contributed by atoms with E-state index < -0.39 is 0 Å². The summed E-state index contributed by atoms with van der Waals surface area (Å²) in [6.07, 6.45) is 6.08. The molecule has 0 spiro atoms. The quantitative estimate of drug-likeness (QED) is 0.375. The molecule has 3 nitrogen and oxygen atoms in total. The lowest BCUT2D eigenvalue weighted by molar-refractivity contribution is -0.697. The highest BCUT2D eigenvalue weighted by Gasteiger charge is 1.98. The van der Waals surface area contributed by atoms with Crippen LogP contribution in [0.5, 0.6) is 0 Å². The highest BCUT2D eigenvalue weighted by Crippen LogP contribution is 1.87. The lowest BCUT2D eigenvalue weighted by atomic mass is 10.4. The van der Waals surface area contributed by atoms with Crippen LogP contribution in [-0.4, -0.2) is 17.8 Å². The molecule has 0 N–H and O–H groups in total. The standard InChI is InChI=1S/C10H17N2O/c1-10(2)8-13-7-6-12-5-4-11(3)9-12/h4-5,9H,1,6-8H2,2-3H3/q+1. The van der Waals surface area contributed by atoms with Gasteiger partial charge in [0.05, 0.1) is 20.3 Å². The molecular formula is C10H17N2O+. The summed E-state index contributed by atoms with van der Waals surface area (Å²) in [4.78, 5) is 0. The summed E-state index contributed by atoms with van der Waals surface area (Å²) in [6, 6.07) is 0. The zero-order valence-electron chi connectivity index (χ0n) is 8.36. The molecule has 0 fully saturated rings. The number of rotatable bonds is 5. The Kier molecular flexibility index (Phi) is 3.71. The molecule has 1 aromatic rings. The second-order valence-corrected chi connectivity index (χ2v) is 3.33. The van der Waals surface area contributed by atoms with E-state index in [0.29, 0.717) is 6.61 Å². The Morgan fingerprint density at radius 2 is 2.38 bits per heavy atom. The first-order chi connectivity index (χ1) is 6.18. The fraction of sp³-hybridized carbons (Fsp3) is 0.500. The largest absolute Gasteiger partial charge is 0.373 e. The monoisotopic (exact) mass is 181 g/mol. The summed E-state index contributed by atoms with van der Waals surface area (Å²) >= 11 is 0. The maximum atomic E-state index is 5.38. The molecule has 0 saturated carbocycles. The van der Waals surface area contributed by atoms with Crippen molar-refractivity contribution >= 4 is 0 Å². The Hall–Kier alpha value is -1.09. The third kappa shape index (κ3) is 3.90. The van der Waals surface area contributed by atoms with Gasteiger partial charge in [0.25, 0.3) is 0 Å². The van der Waals surface area contributed by atoms with Crippen molar-refractivity contribution in [3.05, 3.63) is 30.9 Å². The van der Waals surface area contributed by atoms with E-state index in [1.165, 1.54) is 0 Å². The van der Waals surface area contributed by atoms with Crippen LogP contribution in [0, 0.1) is 0 Å². The maximum absolute atomic E-state index is 5.38. The molecule has 0 bridgehead atoms. The molecule has 72 valence electrons. The molecule has 1 heterocycles. The molecule has 0 atom stereocenters. The van der Waals surface area contributed by atoms with Crippen LogP contribution in [0.2, 0.25) is 0 Å². The normalized spacial score (nSPS) is 10.3. The smallest absolute Gasteiger partial charge is 0.243 e. The Morgan fingerprint density at radius 3 is 2.92 bits per heavy atom. The SMILES string of the molecule is C=C(C)COCC[n+]1ccn(C)c1. The minimum Gasteiger partial charge on any atom is -0.373 e. The van der Waals surface area contributed by atoms with Crippen molar-refractivity contribution in [2.45, 2.75) is 13.5 Å². The zero-order valence-corrected chi connectivity index (χ0v) is 8.36. The highest BCUT2D eigenvalue weighted by molar-refractivity contribution is 4.87. The predicted octanol–water partition coefficient (Wildman–Crippen LogP) is 0.905. The first kappa shape index (κ1) is 9.99. The van der Waals surface area contributed by atoms with Crippen molar-refractivity contribution in [2.24, 2.45) is 7.05 Å². The van der Waals surface area contributed by atoms with Crippen molar-refractivity contribution in [3.8, 4) is 0 Å². The Bertz CT molecular complexity index is 278. The van der Waals surface area contributed by atoms with Crippen LogP contribution in [0.25, 0.3) is 0 Å². The van der Waals surface area contributed by atoms with E-state index in [4.69, 9.17) is 4.74 Å². The fourth-order valence-corrected chi connectivity index (χ4v) is 1.05. The molecule has 3 heteroatoms. The van der Waals surface area contributed by atoms with Gasteiger partial charge < -0.3 is 4.74 Å². The van der Waals surface area contributed by atoms with Crippen LogP contribution in [0.3, 0.4) is 0 Å². The molecule has 13 heavy (non-hydrogen) atoms. The molecule has 0 aliphatic carbocycles. The second-order valence-electron chi connectivity index (χ2n) is 3.33. The van der Waals surface area contributed by atoms with Crippen molar-refractivity contribution in [3.63, 3.8) is 0 Å². The molecule has 0 unspecified atom stereocenters. The minimum atomic E-state index is 0.660. The minimum absolute atomic E-state index is 0.660. The van der Waals surface area contributed by atoms with Gasteiger partial charge in [-0.15, -0.1) is 0 Å². The Morgan fingerprint density at radius 1 is 1.62 bits per heavy atom. The molecule has 0 aromatic carbocycles. The van der Waals surface area contributed by atoms with Crippen molar-refractivity contribution in [1.82, 2.24) is 4.57 Å². The highest BCUT2D eigenvalue weighted by atomic mass is 16.5. The lowest BCUT2D eigenvalue weighted by Crippen LogP contribution is -2.33. The molecule has 0 amide bonds. The van der Waals surface area contributed by atoms with Crippen LogP contribution in [0.4, 0.5) is 0 Å². The fourth-order valence-electron chi connectivity index (χ4n) is 1.05. The molecule has 0 aliphatic heterocycles. The first-order valence-electron chi connectivity index (χ1n) is 4.41. The molecule has 0 saturated heterocycles. The van der Waals surface area contributed by atoms with Gasteiger partial charge in [-0.25, -0.2) is 9.13 Å². The number of hydrogen-bond donors (Lipinski definition) is 0. The van der Waals surface area contributed by atoms with Crippen LogP contribution < -0.4 is 4.57 Å². The van der Waals surface area contributed by atoms with Crippen molar-refractivity contribution in [2.75, 3.05) is 13.2 Å². The van der Waals surface area contributed by atoms with Gasteiger partial charge in [0.2, 0.25) is 6.33 Å². The van der Waals surface area contributed by atoms with Gasteiger partial charge in [-0.05, 0) is 6.92 Å². The summed E-state index contributed by atoms with van der Waals surface area (Å²) in [7, 11) is 2.01. The summed E-state index contributed by atoms with van der Waals surface area (Å²) < 4.78 is 9.49. The van der Waals surface area contributed by atoms with Crippen molar-refractivity contribution in [1.29, 1.82) is 0 Å². The maximum Gasteiger partial charge on any atom is 0.243 e. The third-order valence-corrected chi connectivity index (χ3v) is 1.67. The predicted molar refractivity (Wildman–Crippen MR) is 51.2 cm³/mol. The van der Waals surface area contributed by atoms with Crippen LogP contribution in [0.1, 0.15) is 6.92 Å². The molecule has 0 radical (unpaired) electrons. The van der Waals surface area contributed by atoms with Gasteiger partial charge in [0.15, 0.2) is 0 Å². The average Bonchev–Trinajstić information content (AvgIpc) is 2.45. The van der Waals surface area contributed by atoms with Crippen molar-refractivity contribution < 1.29 is 9.30 Å². The molecule has 0 aliphatic rings. The van der Waals surface area contributed by atoms with Gasteiger partial charge in [-0.1, -0.05) is 12.2 Å². The van der Waals surface area contributed by atoms with Gasteiger partial charge in [0.1, 0.15) is 18.9 Å². The van der Waals surface area contributed by atoms with Crippen LogP contribution >= 0.6 is 0 Å². The summed E-state index contributed by atoms with van der Waals surface area (Å²) in [6.45, 7) is 8.03. The molecule has 1 aromatic heterocycles. The van der Waals surface area contributed by atoms with E-state index in [2.05, 4.69) is 11.1 Å². The summed E-state index contributed by atoms with van der Waals surface area (Å²) in [5.74, 6) is 0. The molecule has 1 rings (SSSR count). The van der Waals surface area contributed by atoms with Gasteiger partial charge in [-0.3, -0.25) is 0 Å². The Labute approximate surface area is 79.3 Å². The summed E-state index contributed by atoms with van der Waals surface area (Å²) in [5, 5.41) is 0. The third-order valence-electron chi connectivity index (χ3n) is 1.67. The van der Waals surface area contributed by atoms with Gasteiger partial charge >= 0.3 is 0 Å². The Balaban J connectivity index is 2.16. The second kappa shape index (κ2) is 4.82. The van der Waals surface area contributed by atoms with E-state index in [1.54, 1.807) is 0 Å². The van der Waals surface area contributed by atoms with Gasteiger partial charge in [0, 0.05) is 0 Å². The lowest BCUT2D eigenvalue weighted by Gasteiger charge is -2.00. The van der Waals surface area contributed by atoms with E-state index in [9.17, 15) is 0 Å². The number of aromatic nitrogens is 2. The van der Waals surface area contributed by atoms with E-state index in [-0.39, 0.29) is 0 Å². The number of nitrogens with zero attached hydrogens (tertiary/aromatic N) is 2. The average molecular weight is 181 g/mol. The van der Waals surface area contributed by atoms with Crippen LogP contribution in [-0.2, 0) is 18.3 Å². The summed E-state index contributed by atoms with van der Waals surface area (Å²) in [5.41, 5.74) is 1.07. The van der Waals surface area contributed by atoms with E-state index in [0.717, 1.165) is 18.7 Å². The number of ether oxygens (including phenoxy) is 1. The van der Waals surface area contributed by atoms with E-state index in [1.807, 2.05) is 37.3 Å². The topological polar surface area (TPSA) is 18.0 Å². The zero-order chi connectivity index (χ0) is 9.68. The number of imidazole rings is 1. The molecular weight excluding hydrogens is 164 g/mol. The van der Waals surface area contributed by atoms with E-state index >= 15 is 0 Å². The number of aryl methyl sites for hydroxylation is 1. The van der Waals surface area contributed by atoms with Crippen LogP contribution in [0.15, 0.2) is 30.9 Å².